The number of hydrogen-bond donors (Lipinski definition) is 0. The third kappa shape index (κ3) is 17.0. The van der Waals surface area contributed by atoms with Gasteiger partial charge in [0.1, 0.15) is 8.24 Å². The summed E-state index contributed by atoms with van der Waals surface area (Å²) in [6.07, 6.45) is 65.0. The molecular weight excluding hydrogens is 811 g/mol. The fourth-order valence-electron chi connectivity index (χ4n) is 14.8. The highest BCUT2D eigenvalue weighted by atomic mass is 28.3. The van der Waals surface area contributed by atoms with Gasteiger partial charge in [0.15, 0.2) is 0 Å². The Labute approximate surface area is 414 Å². The van der Waals surface area contributed by atoms with Crippen LogP contribution in [0.1, 0.15) is 309 Å². The van der Waals surface area contributed by atoms with Gasteiger partial charge in [0, 0.05) is 17.0 Å². The Bertz CT molecular complexity index is 1450. The molecule has 1 aromatic rings. The smallest absolute Gasteiger partial charge is 0.126 e. The van der Waals surface area contributed by atoms with E-state index >= 15 is 0 Å². The Morgan fingerprint density at radius 1 is 0.500 bits per heavy atom. The van der Waals surface area contributed by atoms with E-state index in [1.54, 1.807) is 22.3 Å². The van der Waals surface area contributed by atoms with Gasteiger partial charge in [-0.2, -0.15) is 0 Å². The predicted molar refractivity (Wildman–Crippen MR) is 298 cm³/mol. The van der Waals surface area contributed by atoms with Crippen molar-refractivity contribution >= 4 is 13.8 Å². The number of allylic oxidation sites excluding steroid dienone is 4. The summed E-state index contributed by atoms with van der Waals surface area (Å²) in [5.41, 5.74) is 8.15. The average molecular weight is 925 g/mol. The van der Waals surface area contributed by atoms with Crippen molar-refractivity contribution in [2.24, 2.45) is 11.8 Å². The SMILES string of the molecule is CCCCCCCCCCCCCCCCCCC1(CCCCCCCCCCCCCCCCCC)C2=CC3CCC([Si](C)(C)N(C4CCCCC4)C(C)(C)C)C3C=C2c2ccccc21. The van der Waals surface area contributed by atoms with Gasteiger partial charge in [0.25, 0.3) is 0 Å². The van der Waals surface area contributed by atoms with Crippen LogP contribution in [0.25, 0.3) is 5.57 Å². The molecule has 66 heavy (non-hydrogen) atoms. The van der Waals surface area contributed by atoms with Crippen LogP contribution in [0.2, 0.25) is 18.6 Å². The van der Waals surface area contributed by atoms with E-state index in [1.165, 1.54) is 263 Å². The minimum Gasteiger partial charge on any atom is -0.316 e. The Hall–Kier alpha value is -1.12. The summed E-state index contributed by atoms with van der Waals surface area (Å²) in [5, 5.41) is 0. The molecule has 3 unspecified atom stereocenters. The Morgan fingerprint density at radius 2 is 0.909 bits per heavy atom. The standard InChI is InChI=1S/C64H113NSi/c1-8-10-12-14-16-18-20-22-24-26-28-30-32-34-36-43-51-64(52-44-37-35-33-31-29-27-25-23-21-19-17-15-13-11-9-2)60-48-42-41-47-57(60)59-54-58-55(53-61(59)64)49-50-62(58)66(6,7)65(63(3,4)5)56-45-39-38-40-46-56/h41-42,47-48,53-56,58,62H,8-40,43-46,49-52H2,1-7H3. The normalized spacial score (nSPS) is 20.7. The molecule has 2 heteroatoms. The Morgan fingerprint density at radius 3 is 1.33 bits per heavy atom. The number of fused-ring (bicyclic) bond motifs is 4. The summed E-state index contributed by atoms with van der Waals surface area (Å²) >= 11 is 0. The molecule has 0 aromatic heterocycles. The van der Waals surface area contributed by atoms with Gasteiger partial charge >= 0.3 is 0 Å². The second-order valence-corrected chi connectivity index (χ2v) is 29.3. The van der Waals surface area contributed by atoms with E-state index in [-0.39, 0.29) is 11.0 Å². The fraction of sp³-hybridized carbons (Fsp3) is 0.844. The van der Waals surface area contributed by atoms with Crippen molar-refractivity contribution < 1.29 is 0 Å². The zero-order valence-corrected chi connectivity index (χ0v) is 46.7. The molecule has 4 aliphatic rings. The van der Waals surface area contributed by atoms with Crippen molar-refractivity contribution in [3.63, 3.8) is 0 Å². The number of unbranched alkanes of at least 4 members (excludes halogenated alkanes) is 30. The lowest BCUT2D eigenvalue weighted by Gasteiger charge is -2.55. The van der Waals surface area contributed by atoms with E-state index < -0.39 is 8.24 Å². The van der Waals surface area contributed by atoms with Crippen molar-refractivity contribution in [2.45, 2.75) is 334 Å². The largest absolute Gasteiger partial charge is 0.316 e. The van der Waals surface area contributed by atoms with E-state index in [0.717, 1.165) is 17.5 Å². The first kappa shape index (κ1) is 55.8. The van der Waals surface area contributed by atoms with Gasteiger partial charge in [0.2, 0.25) is 0 Å². The number of hydrogen-bond acceptors (Lipinski definition) is 1. The molecule has 0 heterocycles. The molecule has 1 nitrogen and oxygen atoms in total. The van der Waals surface area contributed by atoms with Crippen LogP contribution in [0.5, 0.6) is 0 Å². The van der Waals surface area contributed by atoms with Crippen LogP contribution in [0.4, 0.5) is 0 Å². The second kappa shape index (κ2) is 30.6. The van der Waals surface area contributed by atoms with Crippen LogP contribution >= 0.6 is 0 Å². The highest BCUT2D eigenvalue weighted by Crippen LogP contribution is 2.62. The molecule has 0 amide bonds. The van der Waals surface area contributed by atoms with Crippen molar-refractivity contribution in [3.05, 3.63) is 53.1 Å². The molecular formula is C64H113NSi. The number of benzene rings is 1. The fourth-order valence-corrected chi connectivity index (χ4v) is 20.3. The third-order valence-electron chi connectivity index (χ3n) is 18.2. The molecule has 5 rings (SSSR count). The van der Waals surface area contributed by atoms with Gasteiger partial charge in [-0.15, -0.1) is 0 Å². The maximum atomic E-state index is 3.19. The molecule has 0 bridgehead atoms. The molecule has 2 saturated carbocycles. The Balaban J connectivity index is 1.17. The number of nitrogens with zero attached hydrogens (tertiary/aromatic N) is 1. The summed E-state index contributed by atoms with van der Waals surface area (Å²) < 4.78 is 3.19. The van der Waals surface area contributed by atoms with Crippen LogP contribution in [-0.4, -0.2) is 24.4 Å². The number of rotatable bonds is 37. The lowest BCUT2D eigenvalue weighted by Crippen LogP contribution is -2.64. The van der Waals surface area contributed by atoms with Crippen LogP contribution in [0.15, 0.2) is 42.0 Å². The van der Waals surface area contributed by atoms with Gasteiger partial charge in [0.05, 0.1) is 0 Å². The van der Waals surface area contributed by atoms with Crippen LogP contribution < -0.4 is 0 Å². The molecule has 0 N–H and O–H groups in total. The monoisotopic (exact) mass is 924 g/mol. The summed E-state index contributed by atoms with van der Waals surface area (Å²) in [7, 11) is -1.75. The zero-order chi connectivity index (χ0) is 46.9. The second-order valence-electron chi connectivity index (χ2n) is 24.8. The van der Waals surface area contributed by atoms with E-state index in [2.05, 4.69) is 88.7 Å². The highest BCUT2D eigenvalue weighted by Gasteiger charge is 2.54. The summed E-state index contributed by atoms with van der Waals surface area (Å²) in [6.45, 7) is 17.9. The van der Waals surface area contributed by atoms with Crippen LogP contribution in [0.3, 0.4) is 0 Å². The van der Waals surface area contributed by atoms with E-state index in [4.69, 9.17) is 0 Å². The first-order valence-electron chi connectivity index (χ1n) is 30.5. The molecule has 0 radical (unpaired) electrons. The van der Waals surface area contributed by atoms with E-state index in [0.29, 0.717) is 5.92 Å². The molecule has 4 aliphatic carbocycles. The first-order valence-corrected chi connectivity index (χ1v) is 33.5. The summed E-state index contributed by atoms with van der Waals surface area (Å²) in [6, 6.07) is 10.7. The van der Waals surface area contributed by atoms with Gasteiger partial charge < -0.3 is 4.57 Å². The van der Waals surface area contributed by atoms with Gasteiger partial charge in [-0.25, -0.2) is 0 Å². The quantitative estimate of drug-likeness (QED) is 0.0475. The lowest BCUT2D eigenvalue weighted by atomic mass is 9.68. The van der Waals surface area contributed by atoms with Gasteiger partial charge in [-0.3, -0.25) is 0 Å². The minimum absolute atomic E-state index is 0.226. The van der Waals surface area contributed by atoms with Crippen LogP contribution in [0, 0.1) is 11.8 Å². The molecule has 3 atom stereocenters. The third-order valence-corrected chi connectivity index (χ3v) is 22.9. The summed E-state index contributed by atoms with van der Waals surface area (Å²) in [4.78, 5) is 0. The van der Waals surface area contributed by atoms with E-state index in [9.17, 15) is 0 Å². The molecule has 1 aromatic carbocycles. The van der Waals surface area contributed by atoms with Gasteiger partial charge in [-0.1, -0.05) is 295 Å². The van der Waals surface area contributed by atoms with Gasteiger partial charge in [-0.05, 0) is 92.5 Å². The highest BCUT2D eigenvalue weighted by molar-refractivity contribution is 6.76. The first-order chi connectivity index (χ1) is 32.1. The van der Waals surface area contributed by atoms with Crippen molar-refractivity contribution in [1.82, 2.24) is 4.57 Å². The Kier molecular flexibility index (Phi) is 25.9. The molecule has 0 spiro atoms. The molecule has 0 saturated heterocycles. The molecule has 2 fully saturated rings. The lowest BCUT2D eigenvalue weighted by molar-refractivity contribution is 0.140. The maximum absolute atomic E-state index is 3.19. The van der Waals surface area contributed by atoms with Crippen molar-refractivity contribution in [3.8, 4) is 0 Å². The maximum Gasteiger partial charge on any atom is 0.126 e. The zero-order valence-electron chi connectivity index (χ0n) is 45.7. The molecule has 378 valence electrons. The molecule has 0 aliphatic heterocycles. The van der Waals surface area contributed by atoms with Crippen LogP contribution in [-0.2, 0) is 5.41 Å². The minimum atomic E-state index is -1.75. The van der Waals surface area contributed by atoms with Crippen molar-refractivity contribution in [1.29, 1.82) is 0 Å². The van der Waals surface area contributed by atoms with E-state index in [1.807, 2.05) is 0 Å². The summed E-state index contributed by atoms with van der Waals surface area (Å²) in [5.74, 6) is 1.45. The predicted octanol–water partition coefficient (Wildman–Crippen LogP) is 21.6. The topological polar surface area (TPSA) is 3.24 Å². The average Bonchev–Trinajstić information content (AvgIpc) is 3.85. The van der Waals surface area contributed by atoms with Crippen molar-refractivity contribution in [2.75, 3.05) is 0 Å².